The number of benzene rings is 1. The normalized spacial score (nSPS) is 18.1. The predicted octanol–water partition coefficient (Wildman–Crippen LogP) is 2.33. The van der Waals surface area contributed by atoms with E-state index in [1.54, 1.807) is 0 Å². The molecule has 1 N–H and O–H groups in total. The number of anilines is 1. The molecule has 1 atom stereocenters. The Hall–Kier alpha value is -1.82. The maximum atomic E-state index is 11.6. The minimum Gasteiger partial charge on any atom is -0.325 e. The highest BCUT2D eigenvalue weighted by Gasteiger charge is 2.29. The number of nitrogens with one attached hydrogen (secondary N) is 1. The molecule has 0 aromatic heterocycles. The molecule has 0 radical (unpaired) electrons. The van der Waals surface area contributed by atoms with Gasteiger partial charge in [-0.05, 0) is 30.5 Å². The summed E-state index contributed by atoms with van der Waals surface area (Å²) in [4.78, 5) is 11.6. The highest BCUT2D eigenvalue weighted by molar-refractivity contribution is 6.02. The zero-order chi connectivity index (χ0) is 10.8. The second-order valence-corrected chi connectivity index (χ2v) is 3.83. The molecule has 0 saturated heterocycles. The molecule has 3 nitrogen and oxygen atoms in total. The van der Waals surface area contributed by atoms with Gasteiger partial charge in [0.05, 0.1) is 12.0 Å². The molecule has 15 heavy (non-hydrogen) atoms. The van der Waals surface area contributed by atoms with Crippen molar-refractivity contribution in [3.63, 3.8) is 0 Å². The standard InChI is InChI=1S/C12H12N2O/c1-8-4-5-9-10(3-2-6-13)12(15)14-11(9)7-8/h4-5,7,10H,2-3H2,1H3,(H,14,15). The minimum atomic E-state index is -0.139. The Bertz CT molecular complexity index is 445. The van der Waals surface area contributed by atoms with Crippen LogP contribution >= 0.6 is 0 Å². The van der Waals surface area contributed by atoms with Crippen molar-refractivity contribution in [3.05, 3.63) is 29.3 Å². The Kier molecular flexibility index (Phi) is 2.42. The van der Waals surface area contributed by atoms with Gasteiger partial charge in [-0.15, -0.1) is 0 Å². The number of rotatable bonds is 2. The van der Waals surface area contributed by atoms with Crippen molar-refractivity contribution < 1.29 is 4.79 Å². The van der Waals surface area contributed by atoms with Crippen molar-refractivity contribution in [2.24, 2.45) is 0 Å². The van der Waals surface area contributed by atoms with Crippen molar-refractivity contribution in [2.45, 2.75) is 25.7 Å². The smallest absolute Gasteiger partial charge is 0.232 e. The largest absolute Gasteiger partial charge is 0.325 e. The van der Waals surface area contributed by atoms with Crippen molar-refractivity contribution in [2.75, 3.05) is 5.32 Å². The number of hydrogen-bond acceptors (Lipinski definition) is 2. The highest BCUT2D eigenvalue weighted by Crippen LogP contribution is 2.35. The number of hydrogen-bond donors (Lipinski definition) is 1. The van der Waals surface area contributed by atoms with E-state index in [1.165, 1.54) is 0 Å². The maximum absolute atomic E-state index is 11.6. The quantitative estimate of drug-likeness (QED) is 0.796. The molecule has 1 aromatic rings. The van der Waals surface area contributed by atoms with Crippen LogP contribution in [0.5, 0.6) is 0 Å². The van der Waals surface area contributed by atoms with Gasteiger partial charge in [-0.25, -0.2) is 0 Å². The van der Waals surface area contributed by atoms with Crippen LogP contribution < -0.4 is 5.32 Å². The van der Waals surface area contributed by atoms with Crippen LogP contribution in [0.2, 0.25) is 0 Å². The lowest BCUT2D eigenvalue weighted by Crippen LogP contribution is -2.11. The average molecular weight is 200 g/mol. The van der Waals surface area contributed by atoms with Gasteiger partial charge in [-0.2, -0.15) is 5.26 Å². The Morgan fingerprint density at radius 3 is 3.07 bits per heavy atom. The first-order valence-electron chi connectivity index (χ1n) is 5.00. The van der Waals surface area contributed by atoms with Gasteiger partial charge in [0.2, 0.25) is 5.91 Å². The van der Waals surface area contributed by atoms with E-state index in [0.29, 0.717) is 12.8 Å². The molecular weight excluding hydrogens is 188 g/mol. The molecule has 1 heterocycles. The number of nitrogens with zero attached hydrogens (tertiary/aromatic N) is 1. The van der Waals surface area contributed by atoms with Gasteiger partial charge >= 0.3 is 0 Å². The summed E-state index contributed by atoms with van der Waals surface area (Å²) in [5, 5.41) is 11.4. The lowest BCUT2D eigenvalue weighted by Gasteiger charge is -2.05. The molecule has 1 unspecified atom stereocenters. The lowest BCUT2D eigenvalue weighted by molar-refractivity contribution is -0.117. The number of nitriles is 1. The molecule has 1 aromatic carbocycles. The molecule has 3 heteroatoms. The van der Waals surface area contributed by atoms with Crippen molar-refractivity contribution in [1.29, 1.82) is 5.26 Å². The predicted molar refractivity (Wildman–Crippen MR) is 57.4 cm³/mol. The third-order valence-electron chi connectivity index (χ3n) is 2.70. The summed E-state index contributed by atoms with van der Waals surface area (Å²) in [6, 6.07) is 8.02. The highest BCUT2D eigenvalue weighted by atomic mass is 16.2. The van der Waals surface area contributed by atoms with E-state index in [0.717, 1.165) is 16.8 Å². The first kappa shape index (κ1) is 9.72. The van der Waals surface area contributed by atoms with Gasteiger partial charge in [0.15, 0.2) is 0 Å². The third kappa shape index (κ3) is 1.71. The van der Waals surface area contributed by atoms with Gasteiger partial charge < -0.3 is 5.32 Å². The summed E-state index contributed by atoms with van der Waals surface area (Å²) < 4.78 is 0. The molecule has 1 aliphatic heterocycles. The van der Waals surface area contributed by atoms with E-state index in [1.807, 2.05) is 25.1 Å². The summed E-state index contributed by atoms with van der Waals surface area (Å²) in [5.41, 5.74) is 3.07. The van der Waals surface area contributed by atoms with E-state index in [4.69, 9.17) is 5.26 Å². The monoisotopic (exact) mass is 200 g/mol. The van der Waals surface area contributed by atoms with E-state index >= 15 is 0 Å². The molecule has 2 rings (SSSR count). The van der Waals surface area contributed by atoms with E-state index in [-0.39, 0.29) is 11.8 Å². The fourth-order valence-corrected chi connectivity index (χ4v) is 1.94. The zero-order valence-electron chi connectivity index (χ0n) is 8.58. The summed E-state index contributed by atoms with van der Waals surface area (Å²) >= 11 is 0. The average Bonchev–Trinajstić information content (AvgIpc) is 2.50. The van der Waals surface area contributed by atoms with E-state index in [9.17, 15) is 4.79 Å². The topological polar surface area (TPSA) is 52.9 Å². The number of carbonyl (C=O) groups excluding carboxylic acids is 1. The van der Waals surface area contributed by atoms with Crippen LogP contribution in [0.15, 0.2) is 18.2 Å². The zero-order valence-corrected chi connectivity index (χ0v) is 8.58. The molecule has 0 aliphatic carbocycles. The van der Waals surface area contributed by atoms with Crippen LogP contribution in [-0.4, -0.2) is 5.91 Å². The first-order chi connectivity index (χ1) is 7.22. The molecule has 1 aliphatic rings. The van der Waals surface area contributed by atoms with E-state index in [2.05, 4.69) is 11.4 Å². The maximum Gasteiger partial charge on any atom is 0.232 e. The van der Waals surface area contributed by atoms with E-state index < -0.39 is 0 Å². The minimum absolute atomic E-state index is 0.0193. The number of amides is 1. The summed E-state index contributed by atoms with van der Waals surface area (Å²) in [6.45, 7) is 2.00. The number of fused-ring (bicyclic) bond motifs is 1. The molecular formula is C12H12N2O. The van der Waals surface area contributed by atoms with Crippen molar-refractivity contribution in [3.8, 4) is 6.07 Å². The Balaban J connectivity index is 2.30. The van der Waals surface area contributed by atoms with Crippen LogP contribution in [-0.2, 0) is 4.79 Å². The molecule has 0 saturated carbocycles. The van der Waals surface area contributed by atoms with Crippen LogP contribution in [0.3, 0.4) is 0 Å². The Morgan fingerprint density at radius 2 is 2.33 bits per heavy atom. The molecule has 0 fully saturated rings. The molecule has 1 amide bonds. The summed E-state index contributed by atoms with van der Waals surface area (Å²) in [7, 11) is 0. The number of carbonyl (C=O) groups is 1. The Labute approximate surface area is 88.7 Å². The van der Waals surface area contributed by atoms with Gasteiger partial charge in [-0.3, -0.25) is 4.79 Å². The van der Waals surface area contributed by atoms with Gasteiger partial charge in [0, 0.05) is 12.1 Å². The van der Waals surface area contributed by atoms with Crippen LogP contribution in [0, 0.1) is 18.3 Å². The van der Waals surface area contributed by atoms with Crippen LogP contribution in [0.1, 0.15) is 29.9 Å². The second kappa shape index (κ2) is 3.74. The van der Waals surface area contributed by atoms with Crippen molar-refractivity contribution in [1.82, 2.24) is 0 Å². The van der Waals surface area contributed by atoms with Crippen LogP contribution in [0.4, 0.5) is 5.69 Å². The van der Waals surface area contributed by atoms with Gasteiger partial charge in [0.1, 0.15) is 0 Å². The van der Waals surface area contributed by atoms with Gasteiger partial charge in [-0.1, -0.05) is 12.1 Å². The van der Waals surface area contributed by atoms with Crippen LogP contribution in [0.25, 0.3) is 0 Å². The lowest BCUT2D eigenvalue weighted by atomic mass is 9.95. The van der Waals surface area contributed by atoms with Gasteiger partial charge in [0.25, 0.3) is 0 Å². The Morgan fingerprint density at radius 1 is 1.53 bits per heavy atom. The second-order valence-electron chi connectivity index (χ2n) is 3.83. The first-order valence-corrected chi connectivity index (χ1v) is 5.00. The molecule has 76 valence electrons. The SMILES string of the molecule is Cc1ccc2c(c1)NC(=O)C2CCC#N. The molecule has 0 bridgehead atoms. The summed E-state index contributed by atoms with van der Waals surface area (Å²) in [6.07, 6.45) is 1.03. The molecule has 0 spiro atoms. The fourth-order valence-electron chi connectivity index (χ4n) is 1.94. The fraction of sp³-hybridized carbons (Fsp3) is 0.333. The third-order valence-corrected chi connectivity index (χ3v) is 2.70. The number of aryl methyl sites for hydroxylation is 1. The summed E-state index contributed by atoms with van der Waals surface area (Å²) in [5.74, 6) is -0.119. The van der Waals surface area contributed by atoms with Crippen molar-refractivity contribution >= 4 is 11.6 Å².